The van der Waals surface area contributed by atoms with Gasteiger partial charge in [-0.1, -0.05) is 37.3 Å². The summed E-state index contributed by atoms with van der Waals surface area (Å²) in [7, 11) is 0. The van der Waals surface area contributed by atoms with Gasteiger partial charge in [0.25, 0.3) is 0 Å². The van der Waals surface area contributed by atoms with Crippen LogP contribution in [-0.4, -0.2) is 31.1 Å². The van der Waals surface area contributed by atoms with Gasteiger partial charge >= 0.3 is 0 Å². The predicted octanol–water partition coefficient (Wildman–Crippen LogP) is 2.04. The Hall–Kier alpha value is -0.860. The normalized spacial score (nSPS) is 22.9. The third-order valence-electron chi connectivity index (χ3n) is 3.00. The quantitative estimate of drug-likeness (QED) is 0.810. The lowest BCUT2D eigenvalue weighted by Gasteiger charge is -2.33. The summed E-state index contributed by atoms with van der Waals surface area (Å²) in [5.41, 5.74) is 1.42. The standard InChI is InChI=1S/C13H20N2/c1-2-9-15-10-8-14-13(11-15)12-6-4-3-5-7-12/h3-7,13-14H,2,8-11H2,1H3/t13-/m1/s1. The first-order valence-corrected chi connectivity index (χ1v) is 5.91. The average molecular weight is 204 g/mol. The topological polar surface area (TPSA) is 15.3 Å². The van der Waals surface area contributed by atoms with Crippen LogP contribution in [0.5, 0.6) is 0 Å². The first-order chi connectivity index (χ1) is 7.40. The van der Waals surface area contributed by atoms with Gasteiger partial charge in [-0.15, -0.1) is 0 Å². The Kier molecular flexibility index (Phi) is 3.75. The van der Waals surface area contributed by atoms with Gasteiger partial charge in [-0.3, -0.25) is 0 Å². The lowest BCUT2D eigenvalue weighted by molar-refractivity contribution is 0.201. The van der Waals surface area contributed by atoms with Gasteiger partial charge < -0.3 is 10.2 Å². The molecule has 0 radical (unpaired) electrons. The van der Waals surface area contributed by atoms with Crippen molar-refractivity contribution in [3.05, 3.63) is 35.9 Å². The molecule has 1 aromatic carbocycles. The highest BCUT2D eigenvalue weighted by molar-refractivity contribution is 5.19. The minimum atomic E-state index is 0.520. The van der Waals surface area contributed by atoms with Crippen molar-refractivity contribution >= 4 is 0 Å². The second-order valence-corrected chi connectivity index (χ2v) is 4.22. The highest BCUT2D eigenvalue weighted by atomic mass is 15.2. The highest BCUT2D eigenvalue weighted by Gasteiger charge is 2.19. The van der Waals surface area contributed by atoms with Crippen LogP contribution in [0.2, 0.25) is 0 Å². The molecule has 1 atom stereocenters. The molecule has 1 aliphatic rings. The zero-order valence-corrected chi connectivity index (χ0v) is 9.45. The van der Waals surface area contributed by atoms with Crippen LogP contribution in [0.25, 0.3) is 0 Å². The zero-order valence-electron chi connectivity index (χ0n) is 9.45. The molecule has 0 aliphatic carbocycles. The van der Waals surface area contributed by atoms with Crippen molar-refractivity contribution in [3.8, 4) is 0 Å². The van der Waals surface area contributed by atoms with Gasteiger partial charge in [0.15, 0.2) is 0 Å². The van der Waals surface area contributed by atoms with Crippen molar-refractivity contribution in [2.75, 3.05) is 26.2 Å². The Morgan fingerprint density at radius 1 is 1.33 bits per heavy atom. The summed E-state index contributed by atoms with van der Waals surface area (Å²) in [6.07, 6.45) is 1.25. The first-order valence-electron chi connectivity index (χ1n) is 5.91. The molecule has 2 rings (SSSR count). The molecule has 1 heterocycles. The maximum absolute atomic E-state index is 3.58. The van der Waals surface area contributed by atoms with Crippen molar-refractivity contribution in [2.45, 2.75) is 19.4 Å². The number of piperazine rings is 1. The third-order valence-corrected chi connectivity index (χ3v) is 3.00. The fourth-order valence-corrected chi connectivity index (χ4v) is 2.24. The van der Waals surface area contributed by atoms with Crippen LogP contribution in [0, 0.1) is 0 Å². The number of benzene rings is 1. The van der Waals surface area contributed by atoms with Gasteiger partial charge in [-0.2, -0.15) is 0 Å². The molecule has 0 saturated carbocycles. The second-order valence-electron chi connectivity index (χ2n) is 4.22. The van der Waals surface area contributed by atoms with Crippen molar-refractivity contribution in [2.24, 2.45) is 0 Å². The van der Waals surface area contributed by atoms with E-state index in [-0.39, 0.29) is 0 Å². The maximum Gasteiger partial charge on any atom is 0.0449 e. The van der Waals surface area contributed by atoms with E-state index < -0.39 is 0 Å². The number of nitrogens with zero attached hydrogens (tertiary/aromatic N) is 1. The largest absolute Gasteiger partial charge is 0.308 e. The van der Waals surface area contributed by atoms with Crippen LogP contribution in [0.1, 0.15) is 24.9 Å². The summed E-state index contributed by atoms with van der Waals surface area (Å²) in [6.45, 7) is 6.93. The number of rotatable bonds is 3. The molecule has 2 heteroatoms. The van der Waals surface area contributed by atoms with Gasteiger partial charge in [0.1, 0.15) is 0 Å². The predicted molar refractivity (Wildman–Crippen MR) is 63.9 cm³/mol. The Balaban J connectivity index is 1.98. The first kappa shape index (κ1) is 10.7. The molecule has 0 spiro atoms. The minimum Gasteiger partial charge on any atom is -0.308 e. The number of hydrogen-bond donors (Lipinski definition) is 1. The van der Waals surface area contributed by atoms with Gasteiger partial charge in [0.2, 0.25) is 0 Å². The molecule has 82 valence electrons. The van der Waals surface area contributed by atoms with Crippen molar-refractivity contribution in [1.29, 1.82) is 0 Å². The second kappa shape index (κ2) is 5.29. The summed E-state index contributed by atoms with van der Waals surface area (Å²) in [6, 6.07) is 11.3. The fourth-order valence-electron chi connectivity index (χ4n) is 2.24. The molecule has 0 aromatic heterocycles. The maximum atomic E-state index is 3.58. The van der Waals surface area contributed by atoms with E-state index in [1.54, 1.807) is 0 Å². The van der Waals surface area contributed by atoms with Gasteiger partial charge in [0, 0.05) is 25.7 Å². The molecule has 0 unspecified atom stereocenters. The van der Waals surface area contributed by atoms with Crippen LogP contribution in [0.4, 0.5) is 0 Å². The van der Waals surface area contributed by atoms with Gasteiger partial charge in [-0.05, 0) is 18.5 Å². The SMILES string of the molecule is CCCN1CCN[C@@H](c2ccccc2)C1. The molecule has 0 bridgehead atoms. The molecule has 1 aliphatic heterocycles. The van der Waals surface area contributed by atoms with E-state index >= 15 is 0 Å². The lowest BCUT2D eigenvalue weighted by atomic mass is 10.0. The van der Waals surface area contributed by atoms with E-state index in [2.05, 4.69) is 47.5 Å². The van der Waals surface area contributed by atoms with Crippen LogP contribution in [-0.2, 0) is 0 Å². The monoisotopic (exact) mass is 204 g/mol. The van der Waals surface area contributed by atoms with Crippen LogP contribution in [0.3, 0.4) is 0 Å². The lowest BCUT2D eigenvalue weighted by Crippen LogP contribution is -2.45. The Morgan fingerprint density at radius 2 is 2.13 bits per heavy atom. The van der Waals surface area contributed by atoms with E-state index in [1.807, 2.05) is 0 Å². The van der Waals surface area contributed by atoms with Gasteiger partial charge in [-0.25, -0.2) is 0 Å². The third kappa shape index (κ3) is 2.80. The molecular weight excluding hydrogens is 184 g/mol. The summed E-state index contributed by atoms with van der Waals surface area (Å²) >= 11 is 0. The molecule has 1 N–H and O–H groups in total. The van der Waals surface area contributed by atoms with Crippen molar-refractivity contribution in [3.63, 3.8) is 0 Å². The van der Waals surface area contributed by atoms with Crippen LogP contribution >= 0.6 is 0 Å². The van der Waals surface area contributed by atoms with Crippen molar-refractivity contribution in [1.82, 2.24) is 10.2 Å². The fraction of sp³-hybridized carbons (Fsp3) is 0.538. The molecule has 1 aromatic rings. The van der Waals surface area contributed by atoms with E-state index in [1.165, 1.54) is 25.1 Å². The minimum absolute atomic E-state index is 0.520. The van der Waals surface area contributed by atoms with E-state index in [0.717, 1.165) is 13.1 Å². The Labute approximate surface area is 92.3 Å². The van der Waals surface area contributed by atoms with Crippen molar-refractivity contribution < 1.29 is 0 Å². The number of nitrogens with one attached hydrogen (secondary N) is 1. The molecule has 0 amide bonds. The van der Waals surface area contributed by atoms with E-state index in [9.17, 15) is 0 Å². The van der Waals surface area contributed by atoms with Crippen LogP contribution < -0.4 is 5.32 Å². The van der Waals surface area contributed by atoms with E-state index in [0.29, 0.717) is 6.04 Å². The molecule has 2 nitrogen and oxygen atoms in total. The highest BCUT2D eigenvalue weighted by Crippen LogP contribution is 2.16. The molecule has 1 saturated heterocycles. The summed E-state index contributed by atoms with van der Waals surface area (Å²) in [4.78, 5) is 2.55. The van der Waals surface area contributed by atoms with Gasteiger partial charge in [0.05, 0.1) is 0 Å². The molecule has 15 heavy (non-hydrogen) atoms. The number of hydrogen-bond acceptors (Lipinski definition) is 2. The smallest absolute Gasteiger partial charge is 0.0449 e. The summed E-state index contributed by atoms with van der Waals surface area (Å²) < 4.78 is 0. The zero-order chi connectivity index (χ0) is 10.5. The molecule has 1 fully saturated rings. The summed E-state index contributed by atoms with van der Waals surface area (Å²) in [5.74, 6) is 0. The van der Waals surface area contributed by atoms with Crippen LogP contribution in [0.15, 0.2) is 30.3 Å². The van der Waals surface area contributed by atoms with E-state index in [4.69, 9.17) is 0 Å². The summed E-state index contributed by atoms with van der Waals surface area (Å²) in [5, 5.41) is 3.58. The average Bonchev–Trinajstić information content (AvgIpc) is 2.31. The Morgan fingerprint density at radius 3 is 2.87 bits per heavy atom. The Bertz CT molecular complexity index is 282. The molecular formula is C13H20N2.